The Morgan fingerprint density at radius 1 is 1.04 bits per heavy atom. The molecule has 1 amide bonds. The lowest BCUT2D eigenvalue weighted by Crippen LogP contribution is -2.26. The first-order valence-electron chi connectivity index (χ1n) is 7.53. The van der Waals surface area contributed by atoms with Crippen LogP contribution in [0.1, 0.15) is 27.0 Å². The molecule has 0 aliphatic carbocycles. The van der Waals surface area contributed by atoms with Gasteiger partial charge in [0.2, 0.25) is 10.0 Å². The van der Waals surface area contributed by atoms with E-state index in [9.17, 15) is 13.2 Å². The van der Waals surface area contributed by atoms with Gasteiger partial charge in [0, 0.05) is 18.3 Å². The van der Waals surface area contributed by atoms with E-state index in [0.29, 0.717) is 16.8 Å². The molecule has 0 saturated carbocycles. The predicted molar refractivity (Wildman–Crippen MR) is 98.3 cm³/mol. The summed E-state index contributed by atoms with van der Waals surface area (Å²) < 4.78 is 24.7. The summed E-state index contributed by atoms with van der Waals surface area (Å²) in [5.74, 6) is -0.263. The monoisotopic (exact) mass is 346 g/mol. The SMILES string of the molecule is Cc1cc(C)cc(NC(=O)c2cccc(N(C)S(C)(=O)=O)c2C)c1. The third-order valence-electron chi connectivity index (χ3n) is 3.87. The van der Waals surface area contributed by atoms with E-state index in [1.807, 2.05) is 32.0 Å². The molecule has 2 aromatic carbocycles. The maximum absolute atomic E-state index is 12.6. The van der Waals surface area contributed by atoms with E-state index in [4.69, 9.17) is 0 Å². The number of benzene rings is 2. The van der Waals surface area contributed by atoms with Crippen molar-refractivity contribution in [3.8, 4) is 0 Å². The Balaban J connectivity index is 2.37. The van der Waals surface area contributed by atoms with Crippen molar-refractivity contribution < 1.29 is 13.2 Å². The second-order valence-corrected chi connectivity index (χ2v) is 8.02. The number of anilines is 2. The van der Waals surface area contributed by atoms with Gasteiger partial charge in [0.25, 0.3) is 5.91 Å². The standard InChI is InChI=1S/C18H22N2O3S/c1-12-9-13(2)11-15(10-12)19-18(21)16-7-6-8-17(14(16)3)20(4)24(5,22)23/h6-11H,1-5H3,(H,19,21). The molecule has 0 unspecified atom stereocenters. The van der Waals surface area contributed by atoms with E-state index in [1.165, 1.54) is 11.4 Å². The lowest BCUT2D eigenvalue weighted by molar-refractivity contribution is 0.102. The van der Waals surface area contributed by atoms with Crippen molar-refractivity contribution in [3.05, 3.63) is 58.7 Å². The van der Waals surface area contributed by atoms with Crippen molar-refractivity contribution in [2.75, 3.05) is 22.9 Å². The quantitative estimate of drug-likeness (QED) is 0.924. The van der Waals surface area contributed by atoms with Crippen LogP contribution in [-0.4, -0.2) is 27.6 Å². The number of sulfonamides is 1. The molecule has 0 heterocycles. The third kappa shape index (κ3) is 3.94. The van der Waals surface area contributed by atoms with Gasteiger partial charge in [0.1, 0.15) is 0 Å². The van der Waals surface area contributed by atoms with E-state index in [2.05, 4.69) is 5.32 Å². The highest BCUT2D eigenvalue weighted by Crippen LogP contribution is 2.25. The van der Waals surface area contributed by atoms with Crippen LogP contribution >= 0.6 is 0 Å². The van der Waals surface area contributed by atoms with Gasteiger partial charge in [-0.25, -0.2) is 8.42 Å². The summed E-state index contributed by atoms with van der Waals surface area (Å²) in [7, 11) is -1.91. The van der Waals surface area contributed by atoms with Crippen LogP contribution in [0.15, 0.2) is 36.4 Å². The molecule has 0 aliphatic rings. The Labute approximate surface area is 143 Å². The van der Waals surface area contributed by atoms with Crippen molar-refractivity contribution in [1.29, 1.82) is 0 Å². The second kappa shape index (κ2) is 6.65. The van der Waals surface area contributed by atoms with Crippen LogP contribution < -0.4 is 9.62 Å². The molecule has 1 N–H and O–H groups in total. The summed E-state index contributed by atoms with van der Waals surface area (Å²) >= 11 is 0. The molecular formula is C18H22N2O3S. The highest BCUT2D eigenvalue weighted by Gasteiger charge is 2.18. The van der Waals surface area contributed by atoms with E-state index in [0.717, 1.165) is 23.1 Å². The zero-order chi connectivity index (χ0) is 18.1. The number of hydrogen-bond acceptors (Lipinski definition) is 3. The molecule has 0 atom stereocenters. The smallest absolute Gasteiger partial charge is 0.256 e. The molecule has 2 aromatic rings. The summed E-state index contributed by atoms with van der Waals surface area (Å²) in [6.07, 6.45) is 1.13. The average Bonchev–Trinajstić information content (AvgIpc) is 2.44. The maximum Gasteiger partial charge on any atom is 0.256 e. The van der Waals surface area contributed by atoms with Crippen molar-refractivity contribution in [2.24, 2.45) is 0 Å². The zero-order valence-corrected chi connectivity index (χ0v) is 15.4. The largest absolute Gasteiger partial charge is 0.322 e. The topological polar surface area (TPSA) is 66.5 Å². The minimum Gasteiger partial charge on any atom is -0.322 e. The highest BCUT2D eigenvalue weighted by molar-refractivity contribution is 7.92. The Morgan fingerprint density at radius 3 is 2.17 bits per heavy atom. The Hall–Kier alpha value is -2.34. The van der Waals surface area contributed by atoms with Crippen LogP contribution in [0.4, 0.5) is 11.4 Å². The molecule has 2 rings (SSSR count). The average molecular weight is 346 g/mol. The molecule has 0 saturated heterocycles. The third-order valence-corrected chi connectivity index (χ3v) is 5.06. The lowest BCUT2D eigenvalue weighted by Gasteiger charge is -2.20. The normalized spacial score (nSPS) is 11.2. The van der Waals surface area contributed by atoms with E-state index in [-0.39, 0.29) is 5.91 Å². The van der Waals surface area contributed by atoms with Gasteiger partial charge >= 0.3 is 0 Å². The number of nitrogens with zero attached hydrogens (tertiary/aromatic N) is 1. The number of nitrogens with one attached hydrogen (secondary N) is 1. The molecule has 5 nitrogen and oxygen atoms in total. The molecule has 0 spiro atoms. The first kappa shape index (κ1) is 18.0. The van der Waals surface area contributed by atoms with Gasteiger partial charge in [-0.05, 0) is 61.7 Å². The van der Waals surface area contributed by atoms with Crippen LogP contribution in [0.2, 0.25) is 0 Å². The van der Waals surface area contributed by atoms with Gasteiger partial charge in [0.05, 0.1) is 11.9 Å². The minimum atomic E-state index is -3.39. The van der Waals surface area contributed by atoms with Crippen molar-refractivity contribution in [1.82, 2.24) is 0 Å². The number of aryl methyl sites for hydroxylation is 2. The number of amides is 1. The van der Waals surface area contributed by atoms with Crippen LogP contribution in [0, 0.1) is 20.8 Å². The number of hydrogen-bond donors (Lipinski definition) is 1. The fraction of sp³-hybridized carbons (Fsp3) is 0.278. The van der Waals surface area contributed by atoms with Crippen LogP contribution in [0.5, 0.6) is 0 Å². The van der Waals surface area contributed by atoms with Gasteiger partial charge < -0.3 is 5.32 Å². The lowest BCUT2D eigenvalue weighted by atomic mass is 10.1. The summed E-state index contributed by atoms with van der Waals surface area (Å²) in [4.78, 5) is 12.6. The second-order valence-electron chi connectivity index (χ2n) is 6.01. The molecule has 0 fully saturated rings. The molecule has 128 valence electrons. The summed E-state index contributed by atoms with van der Waals surface area (Å²) in [5.41, 5.74) is 4.40. The van der Waals surface area contributed by atoms with Crippen LogP contribution in [0.3, 0.4) is 0 Å². The van der Waals surface area contributed by atoms with E-state index >= 15 is 0 Å². The van der Waals surface area contributed by atoms with Gasteiger partial charge in [-0.2, -0.15) is 0 Å². The predicted octanol–water partition coefficient (Wildman–Crippen LogP) is 3.26. The summed E-state index contributed by atoms with van der Waals surface area (Å²) in [6, 6.07) is 10.9. The van der Waals surface area contributed by atoms with Gasteiger partial charge in [-0.3, -0.25) is 9.10 Å². The van der Waals surface area contributed by atoms with Crippen LogP contribution in [-0.2, 0) is 10.0 Å². The minimum absolute atomic E-state index is 0.263. The molecule has 0 aliphatic heterocycles. The molecule has 24 heavy (non-hydrogen) atoms. The van der Waals surface area contributed by atoms with Crippen molar-refractivity contribution in [2.45, 2.75) is 20.8 Å². The molecular weight excluding hydrogens is 324 g/mol. The molecule has 6 heteroatoms. The van der Waals surface area contributed by atoms with Gasteiger partial charge in [-0.15, -0.1) is 0 Å². The summed E-state index contributed by atoms with van der Waals surface area (Å²) in [6.45, 7) is 5.68. The fourth-order valence-corrected chi connectivity index (χ4v) is 3.19. The molecule has 0 radical (unpaired) electrons. The van der Waals surface area contributed by atoms with Crippen LogP contribution in [0.25, 0.3) is 0 Å². The number of carbonyl (C=O) groups excluding carboxylic acids is 1. The highest BCUT2D eigenvalue weighted by atomic mass is 32.2. The number of rotatable bonds is 4. The van der Waals surface area contributed by atoms with Crippen molar-refractivity contribution in [3.63, 3.8) is 0 Å². The Kier molecular flexibility index (Phi) is 4.99. The first-order valence-corrected chi connectivity index (χ1v) is 9.37. The van der Waals surface area contributed by atoms with Gasteiger partial charge in [0.15, 0.2) is 0 Å². The Bertz CT molecular complexity index is 869. The Morgan fingerprint density at radius 2 is 1.62 bits per heavy atom. The number of carbonyl (C=O) groups is 1. The maximum atomic E-state index is 12.6. The van der Waals surface area contributed by atoms with E-state index < -0.39 is 10.0 Å². The first-order chi connectivity index (χ1) is 11.1. The molecule has 0 bridgehead atoms. The van der Waals surface area contributed by atoms with Gasteiger partial charge in [-0.1, -0.05) is 12.1 Å². The zero-order valence-electron chi connectivity index (χ0n) is 14.5. The van der Waals surface area contributed by atoms with Crippen molar-refractivity contribution >= 4 is 27.3 Å². The summed E-state index contributed by atoms with van der Waals surface area (Å²) in [5, 5.41) is 2.88. The fourth-order valence-electron chi connectivity index (χ4n) is 2.63. The molecule has 0 aromatic heterocycles. The van der Waals surface area contributed by atoms with E-state index in [1.54, 1.807) is 25.1 Å².